The van der Waals surface area contributed by atoms with Gasteiger partial charge in [-0.25, -0.2) is 4.98 Å². The number of pyridine rings is 1. The van der Waals surface area contributed by atoms with Crippen LogP contribution in [-0.4, -0.2) is 14.5 Å². The van der Waals surface area contributed by atoms with Crippen LogP contribution < -0.4 is 5.73 Å². The first-order valence-corrected chi connectivity index (χ1v) is 5.95. The monoisotopic (exact) mass is 230 g/mol. The van der Waals surface area contributed by atoms with Crippen LogP contribution in [0.4, 0.5) is 5.82 Å². The molecule has 0 bridgehead atoms. The van der Waals surface area contributed by atoms with E-state index in [1.165, 1.54) is 0 Å². The molecule has 0 aliphatic carbocycles. The Kier molecular flexibility index (Phi) is 3.13. The van der Waals surface area contributed by atoms with Gasteiger partial charge in [-0.05, 0) is 26.0 Å². The lowest BCUT2D eigenvalue weighted by molar-refractivity contribution is 0.713. The minimum atomic E-state index is 0.731. The first-order valence-electron chi connectivity index (χ1n) is 5.95. The van der Waals surface area contributed by atoms with Gasteiger partial charge >= 0.3 is 0 Å². The van der Waals surface area contributed by atoms with Crippen LogP contribution in [0.5, 0.6) is 0 Å². The molecule has 0 aliphatic heterocycles. The Bertz CT molecular complexity index is 511. The average molecular weight is 230 g/mol. The molecule has 2 heterocycles. The third kappa shape index (κ3) is 2.02. The third-order valence-electron chi connectivity index (χ3n) is 2.90. The molecular formula is C13H18N4. The maximum Gasteiger partial charge on any atom is 0.131 e. The minimum absolute atomic E-state index is 0.731. The van der Waals surface area contributed by atoms with E-state index in [1.54, 1.807) is 0 Å². The maximum atomic E-state index is 6.13. The van der Waals surface area contributed by atoms with Crippen LogP contribution in [0.2, 0.25) is 0 Å². The molecule has 2 aromatic rings. The van der Waals surface area contributed by atoms with Gasteiger partial charge in [0, 0.05) is 30.4 Å². The van der Waals surface area contributed by atoms with Gasteiger partial charge in [0.25, 0.3) is 0 Å². The Morgan fingerprint density at radius 3 is 2.53 bits per heavy atom. The summed E-state index contributed by atoms with van der Waals surface area (Å²) in [5.41, 5.74) is 8.96. The van der Waals surface area contributed by atoms with E-state index in [-0.39, 0.29) is 0 Å². The summed E-state index contributed by atoms with van der Waals surface area (Å²) in [6.07, 6.45) is 2.71. The molecule has 0 amide bonds. The van der Waals surface area contributed by atoms with Crippen molar-refractivity contribution in [2.75, 3.05) is 5.73 Å². The molecule has 0 aliphatic rings. The van der Waals surface area contributed by atoms with Gasteiger partial charge < -0.3 is 10.3 Å². The fourth-order valence-corrected chi connectivity index (χ4v) is 1.96. The molecule has 0 radical (unpaired) electrons. The molecule has 4 heteroatoms. The van der Waals surface area contributed by atoms with Gasteiger partial charge in [-0.2, -0.15) is 0 Å². The molecular weight excluding hydrogens is 212 g/mol. The number of nitrogen functional groups attached to an aromatic ring is 1. The second-order valence-electron chi connectivity index (χ2n) is 4.05. The zero-order valence-electron chi connectivity index (χ0n) is 10.6. The maximum absolute atomic E-state index is 6.13. The molecule has 0 unspecified atom stereocenters. The van der Waals surface area contributed by atoms with Crippen LogP contribution in [0.1, 0.15) is 25.4 Å². The van der Waals surface area contributed by atoms with E-state index >= 15 is 0 Å². The van der Waals surface area contributed by atoms with E-state index in [1.807, 2.05) is 25.3 Å². The van der Waals surface area contributed by atoms with Gasteiger partial charge in [0.15, 0.2) is 0 Å². The molecule has 0 fully saturated rings. The molecule has 0 aromatic carbocycles. The molecule has 90 valence electrons. The van der Waals surface area contributed by atoms with E-state index in [0.717, 1.165) is 41.6 Å². The quantitative estimate of drug-likeness (QED) is 0.881. The molecule has 2 rings (SSSR count). The number of hydrogen-bond donors (Lipinski definition) is 1. The molecule has 0 saturated heterocycles. The lowest BCUT2D eigenvalue weighted by atomic mass is 10.2. The number of nitrogens with two attached hydrogens (primary N) is 1. The Morgan fingerprint density at radius 2 is 2.06 bits per heavy atom. The van der Waals surface area contributed by atoms with Crippen LogP contribution in [-0.2, 0) is 13.0 Å². The number of imidazole rings is 1. The Labute approximate surface area is 102 Å². The zero-order valence-corrected chi connectivity index (χ0v) is 10.6. The van der Waals surface area contributed by atoms with E-state index in [4.69, 9.17) is 5.73 Å². The highest BCUT2D eigenvalue weighted by Crippen LogP contribution is 2.26. The Hall–Kier alpha value is -1.84. The van der Waals surface area contributed by atoms with Crippen molar-refractivity contribution in [1.29, 1.82) is 0 Å². The number of aryl methyl sites for hydroxylation is 2. The largest absolute Gasteiger partial charge is 0.383 e. The van der Waals surface area contributed by atoms with Gasteiger partial charge in [0.1, 0.15) is 17.3 Å². The van der Waals surface area contributed by atoms with Crippen molar-refractivity contribution in [3.8, 4) is 11.3 Å². The molecule has 0 atom stereocenters. The number of aromatic nitrogens is 3. The highest BCUT2D eigenvalue weighted by molar-refractivity contribution is 5.70. The van der Waals surface area contributed by atoms with Crippen molar-refractivity contribution in [2.24, 2.45) is 0 Å². The van der Waals surface area contributed by atoms with E-state index in [9.17, 15) is 0 Å². The number of hydrogen-bond acceptors (Lipinski definition) is 3. The SMILES string of the molecule is CCc1nc(-c2ccc(C)nc2)c(N)n1CC. The van der Waals surface area contributed by atoms with Crippen molar-refractivity contribution in [3.05, 3.63) is 29.8 Å². The van der Waals surface area contributed by atoms with Crippen molar-refractivity contribution < 1.29 is 0 Å². The van der Waals surface area contributed by atoms with Crippen molar-refractivity contribution in [2.45, 2.75) is 33.7 Å². The summed E-state index contributed by atoms with van der Waals surface area (Å²) in [6.45, 7) is 6.98. The van der Waals surface area contributed by atoms with Crippen LogP contribution in [0.3, 0.4) is 0 Å². The second kappa shape index (κ2) is 4.57. The van der Waals surface area contributed by atoms with Crippen molar-refractivity contribution in [1.82, 2.24) is 14.5 Å². The van der Waals surface area contributed by atoms with Crippen LogP contribution in [0.25, 0.3) is 11.3 Å². The predicted octanol–water partition coefficient (Wildman–Crippen LogP) is 2.42. The summed E-state index contributed by atoms with van der Waals surface area (Å²) < 4.78 is 2.05. The predicted molar refractivity (Wildman–Crippen MR) is 69.7 cm³/mol. The highest BCUT2D eigenvalue weighted by Gasteiger charge is 2.13. The molecule has 0 spiro atoms. The first kappa shape index (κ1) is 11.6. The van der Waals surface area contributed by atoms with Crippen LogP contribution >= 0.6 is 0 Å². The number of anilines is 1. The molecule has 4 nitrogen and oxygen atoms in total. The molecule has 2 N–H and O–H groups in total. The third-order valence-corrected chi connectivity index (χ3v) is 2.90. The first-order chi connectivity index (χ1) is 8.17. The summed E-state index contributed by atoms with van der Waals surface area (Å²) in [6, 6.07) is 3.99. The summed E-state index contributed by atoms with van der Waals surface area (Å²) in [7, 11) is 0. The van der Waals surface area contributed by atoms with E-state index in [2.05, 4.69) is 28.4 Å². The van der Waals surface area contributed by atoms with Crippen molar-refractivity contribution in [3.63, 3.8) is 0 Å². The van der Waals surface area contributed by atoms with Gasteiger partial charge in [0.05, 0.1) is 0 Å². The number of nitrogens with zero attached hydrogens (tertiary/aromatic N) is 3. The fraction of sp³-hybridized carbons (Fsp3) is 0.385. The van der Waals surface area contributed by atoms with Crippen LogP contribution in [0.15, 0.2) is 18.3 Å². The summed E-state index contributed by atoms with van der Waals surface area (Å²) in [5, 5.41) is 0. The van der Waals surface area contributed by atoms with E-state index < -0.39 is 0 Å². The van der Waals surface area contributed by atoms with Gasteiger partial charge in [-0.3, -0.25) is 4.98 Å². The topological polar surface area (TPSA) is 56.7 Å². The normalized spacial score (nSPS) is 10.8. The summed E-state index contributed by atoms with van der Waals surface area (Å²) >= 11 is 0. The molecule has 0 saturated carbocycles. The van der Waals surface area contributed by atoms with Gasteiger partial charge in [0.2, 0.25) is 0 Å². The summed E-state index contributed by atoms with van der Waals surface area (Å²) in [5.74, 6) is 1.76. The minimum Gasteiger partial charge on any atom is -0.383 e. The van der Waals surface area contributed by atoms with Gasteiger partial charge in [-0.15, -0.1) is 0 Å². The zero-order chi connectivity index (χ0) is 12.4. The highest BCUT2D eigenvalue weighted by atomic mass is 15.1. The lowest BCUT2D eigenvalue weighted by Gasteiger charge is -2.04. The average Bonchev–Trinajstić information content (AvgIpc) is 2.66. The van der Waals surface area contributed by atoms with Crippen molar-refractivity contribution >= 4 is 5.82 Å². The molecule has 2 aromatic heterocycles. The fourth-order valence-electron chi connectivity index (χ4n) is 1.96. The number of rotatable bonds is 3. The Balaban J connectivity index is 2.52. The van der Waals surface area contributed by atoms with E-state index in [0.29, 0.717) is 0 Å². The lowest BCUT2D eigenvalue weighted by Crippen LogP contribution is -2.04. The second-order valence-corrected chi connectivity index (χ2v) is 4.05. The smallest absolute Gasteiger partial charge is 0.131 e. The molecule has 17 heavy (non-hydrogen) atoms. The Morgan fingerprint density at radius 1 is 1.29 bits per heavy atom. The standard InChI is InChI=1S/C13H18N4/c1-4-11-16-12(13(14)17(11)5-2)10-7-6-9(3)15-8-10/h6-8H,4-5,14H2,1-3H3. The van der Waals surface area contributed by atoms with Gasteiger partial charge in [-0.1, -0.05) is 6.92 Å². The van der Waals surface area contributed by atoms with Crippen LogP contribution in [0, 0.1) is 6.92 Å². The summed E-state index contributed by atoms with van der Waals surface area (Å²) in [4.78, 5) is 8.88.